The number of halogens is 2. The summed E-state index contributed by atoms with van der Waals surface area (Å²) in [5.74, 6) is -0.244. The van der Waals surface area contributed by atoms with Gasteiger partial charge in [-0.15, -0.1) is 0 Å². The Bertz CT molecular complexity index is 1020. The van der Waals surface area contributed by atoms with Gasteiger partial charge in [0.1, 0.15) is 16.4 Å². The highest BCUT2D eigenvalue weighted by molar-refractivity contribution is 7.92. The fourth-order valence-electron chi connectivity index (χ4n) is 3.55. The quantitative estimate of drug-likeness (QED) is 0.689. The van der Waals surface area contributed by atoms with Crippen LogP contribution in [0.3, 0.4) is 0 Å². The van der Waals surface area contributed by atoms with Gasteiger partial charge >= 0.3 is 6.61 Å². The summed E-state index contributed by atoms with van der Waals surface area (Å²) in [5, 5.41) is 0. The second-order valence-corrected chi connectivity index (χ2v) is 9.09. The lowest BCUT2D eigenvalue weighted by Gasteiger charge is -2.25. The second-order valence-electron chi connectivity index (χ2n) is 7.44. The molecule has 1 saturated heterocycles. The van der Waals surface area contributed by atoms with E-state index in [9.17, 15) is 17.2 Å². The molecule has 31 heavy (non-hydrogen) atoms. The molecular formula is C21H27F2N3O4S. The maximum atomic E-state index is 13.0. The molecule has 3 rings (SSSR count). The van der Waals surface area contributed by atoms with Crippen molar-refractivity contribution in [2.24, 2.45) is 0 Å². The van der Waals surface area contributed by atoms with Crippen molar-refractivity contribution in [3.63, 3.8) is 0 Å². The molecule has 10 heteroatoms. The predicted molar refractivity (Wildman–Crippen MR) is 116 cm³/mol. The largest absolute Gasteiger partial charge is 0.495 e. The summed E-state index contributed by atoms with van der Waals surface area (Å²) in [6.45, 7) is 2.57. The van der Waals surface area contributed by atoms with Gasteiger partial charge in [-0.05, 0) is 56.8 Å². The molecule has 0 saturated carbocycles. The lowest BCUT2D eigenvalue weighted by molar-refractivity contribution is -0.0500. The first kappa shape index (κ1) is 23.1. The van der Waals surface area contributed by atoms with Crippen LogP contribution < -0.4 is 19.1 Å². The van der Waals surface area contributed by atoms with E-state index in [1.807, 2.05) is 13.0 Å². The zero-order valence-electron chi connectivity index (χ0n) is 17.8. The molecule has 0 radical (unpaired) electrons. The van der Waals surface area contributed by atoms with E-state index < -0.39 is 16.6 Å². The summed E-state index contributed by atoms with van der Waals surface area (Å²) < 4.78 is 63.2. The molecule has 1 aliphatic rings. The number of nitrogens with zero attached hydrogens (tertiary/aromatic N) is 2. The van der Waals surface area contributed by atoms with Crippen LogP contribution in [0.15, 0.2) is 41.3 Å². The van der Waals surface area contributed by atoms with Crippen molar-refractivity contribution >= 4 is 21.4 Å². The number of rotatable bonds is 7. The predicted octanol–water partition coefficient (Wildman–Crippen LogP) is 3.55. The standard InChI is InChI=1S/C21H27F2N3O4S/c1-15-5-6-16(13-18(15)26-10-4-9-25(2)11-12-26)24-31(27,28)20-14-17(30-21(22)23)7-8-19(20)29-3/h5-8,13-14,21,24H,4,9-12H2,1-3H3. The Hall–Kier alpha value is -2.59. The Morgan fingerprint density at radius 2 is 1.84 bits per heavy atom. The Morgan fingerprint density at radius 3 is 2.55 bits per heavy atom. The van der Waals surface area contributed by atoms with Gasteiger partial charge in [0.25, 0.3) is 10.0 Å². The molecule has 2 aromatic rings. The van der Waals surface area contributed by atoms with Crippen LogP contribution in [-0.2, 0) is 10.0 Å². The third kappa shape index (κ3) is 5.76. The van der Waals surface area contributed by atoms with E-state index >= 15 is 0 Å². The van der Waals surface area contributed by atoms with Crippen LogP contribution >= 0.6 is 0 Å². The molecule has 0 bridgehead atoms. The van der Waals surface area contributed by atoms with Crippen molar-refractivity contribution in [1.82, 2.24) is 4.90 Å². The number of hydrogen-bond donors (Lipinski definition) is 1. The van der Waals surface area contributed by atoms with E-state index in [0.29, 0.717) is 5.69 Å². The number of sulfonamides is 1. The number of aryl methyl sites for hydroxylation is 1. The van der Waals surface area contributed by atoms with Gasteiger partial charge < -0.3 is 19.3 Å². The number of ether oxygens (including phenoxy) is 2. The van der Waals surface area contributed by atoms with Crippen molar-refractivity contribution in [2.45, 2.75) is 24.9 Å². The molecule has 170 valence electrons. The number of hydrogen-bond acceptors (Lipinski definition) is 6. The SMILES string of the molecule is COc1ccc(OC(F)F)cc1S(=O)(=O)Nc1ccc(C)c(N2CCCN(C)CC2)c1. The zero-order chi connectivity index (χ0) is 22.6. The summed E-state index contributed by atoms with van der Waals surface area (Å²) in [4.78, 5) is 4.23. The smallest absolute Gasteiger partial charge is 0.387 e. The highest BCUT2D eigenvalue weighted by Crippen LogP contribution is 2.32. The van der Waals surface area contributed by atoms with Crippen molar-refractivity contribution in [3.05, 3.63) is 42.0 Å². The van der Waals surface area contributed by atoms with Gasteiger partial charge in [-0.2, -0.15) is 8.78 Å². The fraction of sp³-hybridized carbons (Fsp3) is 0.429. The summed E-state index contributed by atoms with van der Waals surface area (Å²) in [7, 11) is -0.726. The number of benzene rings is 2. The lowest BCUT2D eigenvalue weighted by atomic mass is 10.1. The minimum Gasteiger partial charge on any atom is -0.495 e. The van der Waals surface area contributed by atoms with E-state index in [1.54, 1.807) is 12.1 Å². The molecule has 7 nitrogen and oxygen atoms in total. The van der Waals surface area contributed by atoms with Crippen molar-refractivity contribution in [3.8, 4) is 11.5 Å². The Morgan fingerprint density at radius 1 is 1.06 bits per heavy atom. The fourth-order valence-corrected chi connectivity index (χ4v) is 4.79. The summed E-state index contributed by atoms with van der Waals surface area (Å²) >= 11 is 0. The number of methoxy groups -OCH3 is 1. The van der Waals surface area contributed by atoms with Gasteiger partial charge in [0.2, 0.25) is 0 Å². The highest BCUT2D eigenvalue weighted by atomic mass is 32.2. The van der Waals surface area contributed by atoms with Gasteiger partial charge in [0, 0.05) is 31.4 Å². The van der Waals surface area contributed by atoms with Gasteiger partial charge in [-0.1, -0.05) is 6.07 Å². The van der Waals surface area contributed by atoms with Crippen LogP contribution in [0.5, 0.6) is 11.5 Å². The first-order valence-corrected chi connectivity index (χ1v) is 11.4. The molecular weight excluding hydrogens is 428 g/mol. The number of anilines is 2. The van der Waals surface area contributed by atoms with Crippen molar-refractivity contribution in [1.29, 1.82) is 0 Å². The van der Waals surface area contributed by atoms with Crippen LogP contribution in [0.2, 0.25) is 0 Å². The Kier molecular flexibility index (Phi) is 7.22. The van der Waals surface area contributed by atoms with Crippen molar-refractivity contribution in [2.75, 3.05) is 50.0 Å². The monoisotopic (exact) mass is 455 g/mol. The Balaban J connectivity index is 1.90. The number of nitrogens with one attached hydrogen (secondary N) is 1. The van der Waals surface area contributed by atoms with E-state index in [1.165, 1.54) is 19.2 Å². The summed E-state index contributed by atoms with van der Waals surface area (Å²) in [6, 6.07) is 8.85. The molecule has 0 atom stereocenters. The minimum atomic E-state index is -4.12. The summed E-state index contributed by atoms with van der Waals surface area (Å²) in [6.07, 6.45) is 1.01. The average Bonchev–Trinajstić information content (AvgIpc) is 2.93. The molecule has 0 amide bonds. The Labute approximate surface area is 181 Å². The molecule has 0 aliphatic carbocycles. The average molecular weight is 456 g/mol. The molecule has 2 aromatic carbocycles. The van der Waals surface area contributed by atoms with E-state index in [0.717, 1.165) is 49.9 Å². The van der Waals surface area contributed by atoms with Crippen molar-refractivity contribution < 1.29 is 26.7 Å². The highest BCUT2D eigenvalue weighted by Gasteiger charge is 2.23. The second kappa shape index (κ2) is 9.69. The van der Waals surface area contributed by atoms with Gasteiger partial charge in [-0.3, -0.25) is 4.72 Å². The first-order valence-electron chi connectivity index (χ1n) is 9.89. The first-order chi connectivity index (χ1) is 14.7. The molecule has 0 aromatic heterocycles. The molecule has 1 fully saturated rings. The maximum absolute atomic E-state index is 13.0. The molecule has 0 spiro atoms. The molecule has 1 heterocycles. The topological polar surface area (TPSA) is 71.1 Å². The van der Waals surface area contributed by atoms with Crippen LogP contribution in [-0.4, -0.2) is 60.3 Å². The molecule has 1 aliphatic heterocycles. The molecule has 1 N–H and O–H groups in total. The van der Waals surface area contributed by atoms with E-state index in [4.69, 9.17) is 4.74 Å². The van der Waals surface area contributed by atoms with Gasteiger partial charge in [0.15, 0.2) is 0 Å². The normalized spacial score (nSPS) is 15.6. The lowest BCUT2D eigenvalue weighted by Crippen LogP contribution is -2.29. The summed E-state index contributed by atoms with van der Waals surface area (Å²) in [5.41, 5.74) is 2.37. The van der Waals surface area contributed by atoms with E-state index in [-0.39, 0.29) is 16.4 Å². The van der Waals surface area contributed by atoms with Crippen LogP contribution in [0.25, 0.3) is 0 Å². The van der Waals surface area contributed by atoms with E-state index in [2.05, 4.69) is 26.3 Å². The van der Waals surface area contributed by atoms with Gasteiger partial charge in [-0.25, -0.2) is 8.42 Å². The van der Waals surface area contributed by atoms with Gasteiger partial charge in [0.05, 0.1) is 12.8 Å². The van der Waals surface area contributed by atoms with Crippen LogP contribution in [0, 0.1) is 6.92 Å². The molecule has 0 unspecified atom stereocenters. The van der Waals surface area contributed by atoms with Crippen LogP contribution in [0.1, 0.15) is 12.0 Å². The third-order valence-electron chi connectivity index (χ3n) is 5.17. The minimum absolute atomic E-state index is 0.0250. The maximum Gasteiger partial charge on any atom is 0.387 e. The third-order valence-corrected chi connectivity index (χ3v) is 6.57. The zero-order valence-corrected chi connectivity index (χ0v) is 18.6. The number of likely N-dealkylation sites (N-methyl/N-ethyl adjacent to an activating group) is 1. The van der Waals surface area contributed by atoms with Crippen LogP contribution in [0.4, 0.5) is 20.2 Å². The number of alkyl halides is 2.